The molecule has 2 rings (SSSR count). The van der Waals surface area contributed by atoms with Crippen molar-refractivity contribution in [2.24, 2.45) is 0 Å². The summed E-state index contributed by atoms with van der Waals surface area (Å²) in [5, 5.41) is 9.43. The number of furan rings is 1. The van der Waals surface area contributed by atoms with E-state index in [2.05, 4.69) is 0 Å². The van der Waals surface area contributed by atoms with E-state index in [1.807, 2.05) is 6.26 Å². The summed E-state index contributed by atoms with van der Waals surface area (Å²) >= 11 is 1.61. The summed E-state index contributed by atoms with van der Waals surface area (Å²) in [6.07, 6.45) is 4.08. The topological polar surface area (TPSA) is 70.8 Å². The lowest BCUT2D eigenvalue weighted by Crippen LogP contribution is -2.57. The molecule has 1 saturated heterocycles. The number of carboxylic acid groups (broad SMARTS) is 1. The summed E-state index contributed by atoms with van der Waals surface area (Å²) in [4.78, 5) is 25.4. The molecular formula is C14H19NO4S. The molecule has 0 bridgehead atoms. The SMILES string of the molecule is CSCc1ccc(C(=O)N2CCCCC2(C)C(=O)O)o1. The van der Waals surface area contributed by atoms with Gasteiger partial charge in [0.2, 0.25) is 0 Å². The molecule has 0 aliphatic carbocycles. The fraction of sp³-hybridized carbons (Fsp3) is 0.571. The van der Waals surface area contributed by atoms with Crippen LogP contribution in [0.3, 0.4) is 0 Å². The molecule has 1 aromatic rings. The van der Waals surface area contributed by atoms with Gasteiger partial charge in [0, 0.05) is 6.54 Å². The Balaban J connectivity index is 2.23. The van der Waals surface area contributed by atoms with E-state index in [-0.39, 0.29) is 11.7 Å². The lowest BCUT2D eigenvalue weighted by molar-refractivity contribution is -0.150. The molecule has 110 valence electrons. The van der Waals surface area contributed by atoms with Crippen molar-refractivity contribution in [1.82, 2.24) is 4.90 Å². The van der Waals surface area contributed by atoms with E-state index in [0.717, 1.165) is 18.6 Å². The maximum absolute atomic E-state index is 12.5. The number of amides is 1. The smallest absolute Gasteiger partial charge is 0.329 e. The molecule has 1 aromatic heterocycles. The third-order valence-electron chi connectivity index (χ3n) is 3.76. The summed E-state index contributed by atoms with van der Waals surface area (Å²) < 4.78 is 5.51. The first-order chi connectivity index (χ1) is 9.49. The van der Waals surface area contributed by atoms with Gasteiger partial charge in [-0.2, -0.15) is 11.8 Å². The van der Waals surface area contributed by atoms with E-state index < -0.39 is 11.5 Å². The van der Waals surface area contributed by atoms with E-state index in [0.29, 0.717) is 18.7 Å². The molecule has 2 heterocycles. The van der Waals surface area contributed by atoms with Crippen LogP contribution in [0.2, 0.25) is 0 Å². The Hall–Kier alpha value is -1.43. The second kappa shape index (κ2) is 5.91. The molecule has 5 nitrogen and oxygen atoms in total. The molecule has 0 spiro atoms. The molecule has 1 aliphatic rings. The molecular weight excluding hydrogens is 278 g/mol. The summed E-state index contributed by atoms with van der Waals surface area (Å²) in [5.41, 5.74) is -1.14. The Labute approximate surface area is 122 Å². The highest BCUT2D eigenvalue weighted by Gasteiger charge is 2.44. The Morgan fingerprint density at radius 2 is 2.20 bits per heavy atom. The first kappa shape index (κ1) is 15.0. The van der Waals surface area contributed by atoms with Crippen LogP contribution in [0.5, 0.6) is 0 Å². The van der Waals surface area contributed by atoms with Crippen LogP contribution in [0.15, 0.2) is 16.5 Å². The number of piperidine rings is 1. The van der Waals surface area contributed by atoms with Crippen molar-refractivity contribution in [2.45, 2.75) is 37.5 Å². The van der Waals surface area contributed by atoms with Crippen molar-refractivity contribution in [3.05, 3.63) is 23.7 Å². The molecule has 0 aromatic carbocycles. The van der Waals surface area contributed by atoms with E-state index in [1.165, 1.54) is 4.90 Å². The molecule has 1 aliphatic heterocycles. The van der Waals surface area contributed by atoms with Crippen molar-refractivity contribution < 1.29 is 19.1 Å². The predicted octanol–water partition coefficient (Wildman–Crippen LogP) is 2.61. The lowest BCUT2D eigenvalue weighted by Gasteiger charge is -2.41. The van der Waals surface area contributed by atoms with Crippen LogP contribution < -0.4 is 0 Å². The highest BCUT2D eigenvalue weighted by atomic mass is 32.2. The van der Waals surface area contributed by atoms with Crippen molar-refractivity contribution in [2.75, 3.05) is 12.8 Å². The van der Waals surface area contributed by atoms with Crippen molar-refractivity contribution in [3.8, 4) is 0 Å². The van der Waals surface area contributed by atoms with Crippen molar-refractivity contribution in [1.29, 1.82) is 0 Å². The number of hydrogen-bond acceptors (Lipinski definition) is 4. The Bertz CT molecular complexity index is 513. The van der Waals surface area contributed by atoms with Crippen LogP contribution in [0.1, 0.15) is 42.5 Å². The number of likely N-dealkylation sites (tertiary alicyclic amines) is 1. The first-order valence-corrected chi connectivity index (χ1v) is 8.01. The third-order valence-corrected chi connectivity index (χ3v) is 4.33. The second-order valence-corrected chi connectivity index (χ2v) is 6.06. The fourth-order valence-electron chi connectivity index (χ4n) is 2.51. The van der Waals surface area contributed by atoms with Crippen LogP contribution in [0, 0.1) is 0 Å². The Morgan fingerprint density at radius 3 is 2.85 bits per heavy atom. The van der Waals surface area contributed by atoms with Gasteiger partial charge in [0.05, 0.1) is 5.75 Å². The number of nitrogens with zero attached hydrogens (tertiary/aromatic N) is 1. The number of carbonyl (C=O) groups excluding carboxylic acids is 1. The lowest BCUT2D eigenvalue weighted by atomic mass is 9.88. The highest BCUT2D eigenvalue weighted by Crippen LogP contribution is 2.30. The molecule has 0 radical (unpaired) electrons. The van der Waals surface area contributed by atoms with E-state index in [1.54, 1.807) is 30.8 Å². The van der Waals surface area contributed by atoms with Crippen LogP contribution >= 0.6 is 11.8 Å². The molecule has 1 amide bonds. The average molecular weight is 297 g/mol. The summed E-state index contributed by atoms with van der Waals surface area (Å²) in [7, 11) is 0. The first-order valence-electron chi connectivity index (χ1n) is 6.62. The van der Waals surface area contributed by atoms with E-state index >= 15 is 0 Å². The Kier molecular flexibility index (Phi) is 4.42. The minimum absolute atomic E-state index is 0.225. The van der Waals surface area contributed by atoms with Gasteiger partial charge < -0.3 is 14.4 Å². The zero-order chi connectivity index (χ0) is 14.8. The van der Waals surface area contributed by atoms with Crippen molar-refractivity contribution in [3.63, 3.8) is 0 Å². The third kappa shape index (κ3) is 2.70. The van der Waals surface area contributed by atoms with E-state index in [4.69, 9.17) is 4.42 Å². The number of rotatable bonds is 4. The minimum Gasteiger partial charge on any atom is -0.480 e. The maximum atomic E-state index is 12.5. The summed E-state index contributed by atoms with van der Waals surface area (Å²) in [6, 6.07) is 3.40. The van der Waals surface area contributed by atoms with Gasteiger partial charge in [0.25, 0.3) is 5.91 Å². The largest absolute Gasteiger partial charge is 0.480 e. The van der Waals surface area contributed by atoms with Crippen molar-refractivity contribution >= 4 is 23.6 Å². The maximum Gasteiger partial charge on any atom is 0.329 e. The van der Waals surface area contributed by atoms with Gasteiger partial charge in [-0.05, 0) is 44.6 Å². The average Bonchev–Trinajstić information content (AvgIpc) is 2.87. The molecule has 6 heteroatoms. The van der Waals surface area contributed by atoms with Gasteiger partial charge >= 0.3 is 5.97 Å². The molecule has 0 saturated carbocycles. The molecule has 1 unspecified atom stereocenters. The van der Waals surface area contributed by atoms with Crippen LogP contribution in [0.4, 0.5) is 0 Å². The second-order valence-electron chi connectivity index (χ2n) is 5.19. The van der Waals surface area contributed by atoms with Gasteiger partial charge in [0.1, 0.15) is 11.3 Å². The van der Waals surface area contributed by atoms with E-state index in [9.17, 15) is 14.7 Å². The van der Waals surface area contributed by atoms with Gasteiger partial charge in [-0.25, -0.2) is 4.79 Å². The van der Waals surface area contributed by atoms with Gasteiger partial charge in [-0.1, -0.05) is 0 Å². The van der Waals surface area contributed by atoms with Gasteiger partial charge in [0.15, 0.2) is 5.76 Å². The zero-order valence-electron chi connectivity index (χ0n) is 11.7. The number of hydrogen-bond donors (Lipinski definition) is 1. The van der Waals surface area contributed by atoms with Crippen LogP contribution in [-0.4, -0.2) is 40.2 Å². The Morgan fingerprint density at radius 1 is 1.45 bits per heavy atom. The predicted molar refractivity (Wildman–Crippen MR) is 76.9 cm³/mol. The minimum atomic E-state index is -1.14. The fourth-order valence-corrected chi connectivity index (χ4v) is 2.95. The molecule has 1 N–H and O–H groups in total. The summed E-state index contributed by atoms with van der Waals surface area (Å²) in [5.74, 6) is 0.366. The number of thioether (sulfide) groups is 1. The number of aliphatic carboxylic acids is 1. The highest BCUT2D eigenvalue weighted by molar-refractivity contribution is 7.97. The van der Waals surface area contributed by atoms with Crippen LogP contribution in [-0.2, 0) is 10.5 Å². The number of carboxylic acids is 1. The monoisotopic (exact) mass is 297 g/mol. The normalized spacial score (nSPS) is 22.8. The zero-order valence-corrected chi connectivity index (χ0v) is 12.5. The van der Waals surface area contributed by atoms with Crippen LogP contribution in [0.25, 0.3) is 0 Å². The van der Waals surface area contributed by atoms with Gasteiger partial charge in [-0.3, -0.25) is 4.79 Å². The quantitative estimate of drug-likeness (QED) is 0.925. The summed E-state index contributed by atoms with van der Waals surface area (Å²) in [6.45, 7) is 2.07. The molecule has 1 atom stereocenters. The molecule has 1 fully saturated rings. The van der Waals surface area contributed by atoms with Gasteiger partial charge in [-0.15, -0.1) is 0 Å². The standard InChI is InChI=1S/C14H19NO4S/c1-14(13(17)18)7-3-4-8-15(14)12(16)11-6-5-10(19-11)9-20-2/h5-6H,3-4,7-9H2,1-2H3,(H,17,18). The number of carbonyl (C=O) groups is 2. The molecule has 20 heavy (non-hydrogen) atoms.